The van der Waals surface area contributed by atoms with Gasteiger partial charge >= 0.3 is 0 Å². The molecule has 2 aromatic rings. The molecular formula is C16H17N3OS. The van der Waals surface area contributed by atoms with Gasteiger partial charge in [-0.1, -0.05) is 12.1 Å². The zero-order chi connectivity index (χ0) is 14.6. The number of aromatic nitrogens is 1. The minimum atomic E-state index is 0.0965. The predicted molar refractivity (Wildman–Crippen MR) is 84.2 cm³/mol. The van der Waals surface area contributed by atoms with E-state index in [1.807, 2.05) is 29.2 Å². The number of piperidine rings is 1. The number of para-hydroxylation sites is 1. The molecule has 2 N–H and O–H groups in total. The Balaban J connectivity index is 1.79. The van der Waals surface area contributed by atoms with Crippen molar-refractivity contribution in [3.05, 3.63) is 34.8 Å². The summed E-state index contributed by atoms with van der Waals surface area (Å²) in [5, 5.41) is 0.865. The second-order valence-corrected chi connectivity index (χ2v) is 6.86. The largest absolute Gasteiger partial charge is 0.398 e. The summed E-state index contributed by atoms with van der Waals surface area (Å²) in [7, 11) is 0. The number of rotatable bonds is 1. The van der Waals surface area contributed by atoms with Crippen molar-refractivity contribution in [3.8, 4) is 10.6 Å². The van der Waals surface area contributed by atoms with Crippen LogP contribution < -0.4 is 5.73 Å². The molecule has 2 unspecified atom stereocenters. The number of hydrogen-bond acceptors (Lipinski definition) is 4. The Bertz CT molecular complexity index is 724. The third-order valence-electron chi connectivity index (χ3n) is 4.49. The summed E-state index contributed by atoms with van der Waals surface area (Å²) in [6.07, 6.45) is 3.32. The molecule has 3 heterocycles. The van der Waals surface area contributed by atoms with Crippen molar-refractivity contribution in [1.82, 2.24) is 9.88 Å². The Labute approximate surface area is 127 Å². The molecule has 5 heteroatoms. The first kappa shape index (κ1) is 12.8. The van der Waals surface area contributed by atoms with Crippen LogP contribution in [0.1, 0.15) is 47.6 Å². The topological polar surface area (TPSA) is 59.2 Å². The smallest absolute Gasteiger partial charge is 0.274 e. The van der Waals surface area contributed by atoms with Gasteiger partial charge in [0, 0.05) is 17.3 Å². The van der Waals surface area contributed by atoms with Crippen molar-refractivity contribution < 1.29 is 4.79 Å². The summed E-state index contributed by atoms with van der Waals surface area (Å²) in [5.74, 6) is 0.0965. The standard InChI is InChI=1S/C16H17N3OS/c1-9-5-4-8-12-14-13(16(20)19(9)12)18-15(21-14)10-6-2-3-7-11(10)17/h2-3,6-7,9,12H,4-5,8,17H2,1H3. The molecule has 4 nitrogen and oxygen atoms in total. The molecular weight excluding hydrogens is 282 g/mol. The Morgan fingerprint density at radius 3 is 2.95 bits per heavy atom. The summed E-state index contributed by atoms with van der Waals surface area (Å²) >= 11 is 1.63. The van der Waals surface area contributed by atoms with Gasteiger partial charge in [0.1, 0.15) is 10.7 Å². The summed E-state index contributed by atoms with van der Waals surface area (Å²) in [5.41, 5.74) is 8.33. The maximum absolute atomic E-state index is 12.6. The van der Waals surface area contributed by atoms with Crippen LogP contribution in [0.4, 0.5) is 5.69 Å². The van der Waals surface area contributed by atoms with E-state index in [9.17, 15) is 4.79 Å². The molecule has 0 aliphatic carbocycles. The molecule has 1 aromatic carbocycles. The Kier molecular flexibility index (Phi) is 2.79. The zero-order valence-electron chi connectivity index (χ0n) is 11.9. The summed E-state index contributed by atoms with van der Waals surface area (Å²) in [6, 6.07) is 8.26. The lowest BCUT2D eigenvalue weighted by molar-refractivity contribution is 0.0548. The average Bonchev–Trinajstić information content (AvgIpc) is 3.01. The predicted octanol–water partition coefficient (Wildman–Crippen LogP) is 3.46. The van der Waals surface area contributed by atoms with Crippen LogP contribution in [-0.2, 0) is 0 Å². The summed E-state index contributed by atoms with van der Waals surface area (Å²) < 4.78 is 0. The number of amides is 1. The molecule has 1 amide bonds. The molecule has 4 rings (SSSR count). The third-order valence-corrected chi connectivity index (χ3v) is 5.68. The molecule has 0 saturated carbocycles. The molecule has 1 fully saturated rings. The van der Waals surface area contributed by atoms with Crippen LogP contribution in [-0.4, -0.2) is 21.8 Å². The van der Waals surface area contributed by atoms with Crippen LogP contribution in [0.3, 0.4) is 0 Å². The molecule has 0 radical (unpaired) electrons. The minimum absolute atomic E-state index is 0.0965. The fourth-order valence-corrected chi connectivity index (χ4v) is 4.67. The Hall–Kier alpha value is -1.88. The van der Waals surface area contributed by atoms with Crippen molar-refractivity contribution in [1.29, 1.82) is 0 Å². The highest BCUT2D eigenvalue weighted by atomic mass is 32.1. The number of carbonyl (C=O) groups is 1. The minimum Gasteiger partial charge on any atom is -0.398 e. The van der Waals surface area contributed by atoms with Crippen LogP contribution in [0.2, 0.25) is 0 Å². The zero-order valence-corrected chi connectivity index (χ0v) is 12.7. The van der Waals surface area contributed by atoms with Gasteiger partial charge in [0.25, 0.3) is 5.91 Å². The monoisotopic (exact) mass is 299 g/mol. The second kappa shape index (κ2) is 4.56. The lowest BCUT2D eigenvalue weighted by Crippen LogP contribution is -2.39. The third kappa shape index (κ3) is 1.80. The van der Waals surface area contributed by atoms with E-state index in [-0.39, 0.29) is 11.9 Å². The van der Waals surface area contributed by atoms with Gasteiger partial charge in [-0.15, -0.1) is 11.3 Å². The number of nitrogens with zero attached hydrogens (tertiary/aromatic N) is 2. The van der Waals surface area contributed by atoms with Crippen LogP contribution in [0.15, 0.2) is 24.3 Å². The lowest BCUT2D eigenvalue weighted by atomic mass is 9.98. The van der Waals surface area contributed by atoms with Crippen molar-refractivity contribution in [2.24, 2.45) is 0 Å². The molecule has 2 aliphatic rings. The number of hydrogen-bond donors (Lipinski definition) is 1. The molecule has 2 aliphatic heterocycles. The van der Waals surface area contributed by atoms with Crippen LogP contribution in [0, 0.1) is 0 Å². The number of thiazole rings is 1. The first-order chi connectivity index (χ1) is 10.2. The second-order valence-electron chi connectivity index (χ2n) is 5.83. The fourth-order valence-electron chi connectivity index (χ4n) is 3.43. The van der Waals surface area contributed by atoms with Gasteiger partial charge in [0.15, 0.2) is 0 Å². The van der Waals surface area contributed by atoms with Crippen LogP contribution >= 0.6 is 11.3 Å². The van der Waals surface area contributed by atoms with Gasteiger partial charge < -0.3 is 10.6 Å². The van der Waals surface area contributed by atoms with E-state index < -0.39 is 0 Å². The molecule has 21 heavy (non-hydrogen) atoms. The normalized spacial score (nSPS) is 24.0. The number of nitrogen functional groups attached to an aromatic ring is 1. The number of benzene rings is 1. The van der Waals surface area contributed by atoms with Gasteiger partial charge in [-0.3, -0.25) is 4.79 Å². The van der Waals surface area contributed by atoms with Gasteiger partial charge in [-0.2, -0.15) is 0 Å². The SMILES string of the molecule is CC1CCCC2c3sc(-c4ccccc4N)nc3C(=O)N12. The first-order valence-corrected chi connectivity index (χ1v) is 8.16. The van der Waals surface area contributed by atoms with E-state index in [4.69, 9.17) is 5.73 Å². The molecule has 1 saturated heterocycles. The van der Waals surface area contributed by atoms with E-state index in [0.29, 0.717) is 17.4 Å². The summed E-state index contributed by atoms with van der Waals surface area (Å²) in [4.78, 5) is 20.4. The van der Waals surface area contributed by atoms with Gasteiger partial charge in [0.2, 0.25) is 0 Å². The Morgan fingerprint density at radius 1 is 1.33 bits per heavy atom. The lowest BCUT2D eigenvalue weighted by Gasteiger charge is -2.35. The highest BCUT2D eigenvalue weighted by molar-refractivity contribution is 7.15. The number of fused-ring (bicyclic) bond motifs is 3. The molecule has 108 valence electrons. The highest BCUT2D eigenvalue weighted by Crippen LogP contribution is 2.47. The Morgan fingerprint density at radius 2 is 2.14 bits per heavy atom. The van der Waals surface area contributed by atoms with Gasteiger partial charge in [-0.25, -0.2) is 4.98 Å². The van der Waals surface area contributed by atoms with E-state index >= 15 is 0 Å². The van der Waals surface area contributed by atoms with E-state index in [2.05, 4.69) is 11.9 Å². The first-order valence-electron chi connectivity index (χ1n) is 7.35. The number of anilines is 1. The maximum atomic E-state index is 12.6. The quantitative estimate of drug-likeness (QED) is 0.820. The average molecular weight is 299 g/mol. The maximum Gasteiger partial charge on any atom is 0.274 e. The van der Waals surface area contributed by atoms with Crippen molar-refractivity contribution in [3.63, 3.8) is 0 Å². The van der Waals surface area contributed by atoms with Crippen LogP contribution in [0.5, 0.6) is 0 Å². The van der Waals surface area contributed by atoms with E-state index in [0.717, 1.165) is 28.3 Å². The van der Waals surface area contributed by atoms with Crippen molar-refractivity contribution in [2.75, 3.05) is 5.73 Å². The molecule has 1 aromatic heterocycles. The highest BCUT2D eigenvalue weighted by Gasteiger charge is 2.44. The van der Waals surface area contributed by atoms with Crippen molar-refractivity contribution in [2.45, 2.75) is 38.3 Å². The van der Waals surface area contributed by atoms with Crippen LogP contribution in [0.25, 0.3) is 10.6 Å². The van der Waals surface area contributed by atoms with Crippen molar-refractivity contribution >= 4 is 22.9 Å². The van der Waals surface area contributed by atoms with Gasteiger partial charge in [-0.05, 0) is 38.3 Å². The fraction of sp³-hybridized carbons (Fsp3) is 0.375. The number of nitrogens with two attached hydrogens (primary N) is 1. The molecule has 0 bridgehead atoms. The van der Waals surface area contributed by atoms with Gasteiger partial charge in [0.05, 0.1) is 10.9 Å². The van der Waals surface area contributed by atoms with E-state index in [1.165, 1.54) is 6.42 Å². The molecule has 2 atom stereocenters. The number of carbonyl (C=O) groups excluding carboxylic acids is 1. The summed E-state index contributed by atoms with van der Waals surface area (Å²) in [6.45, 7) is 2.14. The van der Waals surface area contributed by atoms with E-state index in [1.54, 1.807) is 11.3 Å². The molecule has 0 spiro atoms.